The molecule has 0 bridgehead atoms. The highest BCUT2D eigenvalue weighted by Gasteiger charge is 2.31. The number of halogens is 1. The van der Waals surface area contributed by atoms with Gasteiger partial charge in [0.1, 0.15) is 0 Å². The van der Waals surface area contributed by atoms with Crippen LogP contribution in [0.5, 0.6) is 0 Å². The molecule has 1 amide bonds. The maximum atomic E-state index is 12.0. The topological polar surface area (TPSA) is 20.3 Å². The lowest BCUT2D eigenvalue weighted by molar-refractivity contribution is -0.132. The molecule has 2 atom stereocenters. The van der Waals surface area contributed by atoms with E-state index in [0.29, 0.717) is 12.0 Å². The SMILES string of the molecule is CCC1CCCN1C(=O)C(Br)C(C)C. The molecule has 14 heavy (non-hydrogen) atoms. The van der Waals surface area contributed by atoms with Gasteiger partial charge in [-0.3, -0.25) is 4.79 Å². The second-order valence-electron chi connectivity index (χ2n) is 4.38. The second-order valence-corrected chi connectivity index (χ2v) is 5.37. The summed E-state index contributed by atoms with van der Waals surface area (Å²) in [5, 5.41) is 0. The number of nitrogens with zero attached hydrogens (tertiary/aromatic N) is 1. The summed E-state index contributed by atoms with van der Waals surface area (Å²) in [7, 11) is 0. The highest BCUT2D eigenvalue weighted by molar-refractivity contribution is 9.10. The Labute approximate surface area is 95.2 Å². The predicted molar refractivity (Wildman–Crippen MR) is 62.6 cm³/mol. The van der Waals surface area contributed by atoms with Crippen LogP contribution in [-0.2, 0) is 4.79 Å². The first-order valence-corrected chi connectivity index (χ1v) is 6.44. The quantitative estimate of drug-likeness (QED) is 0.716. The maximum absolute atomic E-state index is 12.0. The van der Waals surface area contributed by atoms with Crippen LogP contribution in [0.1, 0.15) is 40.0 Å². The predicted octanol–water partition coefficient (Wildman–Crippen LogP) is 2.81. The maximum Gasteiger partial charge on any atom is 0.236 e. The summed E-state index contributed by atoms with van der Waals surface area (Å²) < 4.78 is 0. The van der Waals surface area contributed by atoms with Crippen molar-refractivity contribution in [3.8, 4) is 0 Å². The van der Waals surface area contributed by atoms with Gasteiger partial charge < -0.3 is 4.90 Å². The third kappa shape index (κ3) is 2.50. The van der Waals surface area contributed by atoms with Gasteiger partial charge >= 0.3 is 0 Å². The molecule has 3 heteroatoms. The molecule has 0 aromatic heterocycles. The van der Waals surface area contributed by atoms with Crippen LogP contribution in [0.15, 0.2) is 0 Å². The molecule has 0 aromatic rings. The van der Waals surface area contributed by atoms with Gasteiger partial charge in [-0.05, 0) is 25.2 Å². The molecule has 0 N–H and O–H groups in total. The average Bonchev–Trinajstić information content (AvgIpc) is 2.62. The third-order valence-electron chi connectivity index (χ3n) is 2.95. The zero-order chi connectivity index (χ0) is 10.7. The highest BCUT2D eigenvalue weighted by Crippen LogP contribution is 2.24. The first kappa shape index (κ1) is 12.0. The fourth-order valence-electron chi connectivity index (χ4n) is 1.99. The van der Waals surface area contributed by atoms with Crippen molar-refractivity contribution in [1.29, 1.82) is 0 Å². The fraction of sp³-hybridized carbons (Fsp3) is 0.909. The minimum atomic E-state index is -0.00495. The lowest BCUT2D eigenvalue weighted by Gasteiger charge is -2.27. The van der Waals surface area contributed by atoms with Gasteiger partial charge in [0, 0.05) is 12.6 Å². The van der Waals surface area contributed by atoms with E-state index in [4.69, 9.17) is 0 Å². The first-order chi connectivity index (χ1) is 6.57. The summed E-state index contributed by atoms with van der Waals surface area (Å²) >= 11 is 3.48. The molecule has 1 saturated heterocycles. The van der Waals surface area contributed by atoms with Crippen molar-refractivity contribution < 1.29 is 4.79 Å². The van der Waals surface area contributed by atoms with Crippen molar-refractivity contribution in [2.24, 2.45) is 5.92 Å². The smallest absolute Gasteiger partial charge is 0.236 e. The summed E-state index contributed by atoms with van der Waals surface area (Å²) in [6.07, 6.45) is 3.44. The number of amides is 1. The van der Waals surface area contributed by atoms with Crippen LogP contribution >= 0.6 is 15.9 Å². The van der Waals surface area contributed by atoms with E-state index in [1.807, 2.05) is 0 Å². The molecule has 0 aromatic carbocycles. The van der Waals surface area contributed by atoms with Crippen molar-refractivity contribution in [2.45, 2.75) is 50.9 Å². The van der Waals surface area contributed by atoms with Crippen LogP contribution in [0.25, 0.3) is 0 Å². The highest BCUT2D eigenvalue weighted by atomic mass is 79.9. The number of rotatable bonds is 3. The molecule has 0 spiro atoms. The van der Waals surface area contributed by atoms with Crippen LogP contribution < -0.4 is 0 Å². The van der Waals surface area contributed by atoms with Gasteiger partial charge in [-0.2, -0.15) is 0 Å². The Morgan fingerprint density at radius 2 is 2.21 bits per heavy atom. The normalized spacial score (nSPS) is 24.4. The molecule has 1 rings (SSSR count). The summed E-state index contributed by atoms with van der Waals surface area (Å²) in [5.41, 5.74) is 0. The second kappa shape index (κ2) is 5.15. The Morgan fingerprint density at radius 1 is 1.57 bits per heavy atom. The van der Waals surface area contributed by atoms with Crippen molar-refractivity contribution in [3.63, 3.8) is 0 Å². The molecule has 0 radical (unpaired) electrons. The molecule has 1 fully saturated rings. The lowest BCUT2D eigenvalue weighted by Crippen LogP contribution is -2.41. The molecular weight excluding hydrogens is 242 g/mol. The number of hydrogen-bond acceptors (Lipinski definition) is 1. The van der Waals surface area contributed by atoms with Gasteiger partial charge in [0.2, 0.25) is 5.91 Å². The molecule has 1 heterocycles. The summed E-state index contributed by atoms with van der Waals surface area (Å²) in [5.74, 6) is 0.657. The Morgan fingerprint density at radius 3 is 2.71 bits per heavy atom. The van der Waals surface area contributed by atoms with E-state index in [-0.39, 0.29) is 10.7 Å². The van der Waals surface area contributed by atoms with Crippen LogP contribution in [0.3, 0.4) is 0 Å². The molecule has 82 valence electrons. The number of carbonyl (C=O) groups excluding carboxylic acids is 1. The lowest BCUT2D eigenvalue weighted by atomic mass is 10.1. The standard InChI is InChI=1S/C11H20BrNO/c1-4-9-6-5-7-13(9)11(14)10(12)8(2)3/h8-10H,4-7H2,1-3H3. The van der Waals surface area contributed by atoms with Gasteiger partial charge in [-0.1, -0.05) is 36.7 Å². The van der Waals surface area contributed by atoms with Gasteiger partial charge in [0.15, 0.2) is 0 Å². The van der Waals surface area contributed by atoms with Gasteiger partial charge in [0.25, 0.3) is 0 Å². The summed E-state index contributed by atoms with van der Waals surface area (Å²) in [6, 6.07) is 0.487. The van der Waals surface area contributed by atoms with E-state index in [0.717, 1.165) is 13.0 Å². The number of alkyl halides is 1. The monoisotopic (exact) mass is 261 g/mol. The number of likely N-dealkylation sites (tertiary alicyclic amines) is 1. The minimum Gasteiger partial charge on any atom is -0.339 e. The fourth-order valence-corrected chi connectivity index (χ4v) is 2.26. The van der Waals surface area contributed by atoms with Crippen molar-refractivity contribution in [3.05, 3.63) is 0 Å². The number of hydrogen-bond donors (Lipinski definition) is 0. The molecule has 0 aliphatic carbocycles. The zero-order valence-corrected chi connectivity index (χ0v) is 10.9. The van der Waals surface area contributed by atoms with E-state index >= 15 is 0 Å². The molecular formula is C11H20BrNO. The molecule has 2 unspecified atom stereocenters. The Bertz CT molecular complexity index is 205. The van der Waals surface area contributed by atoms with Crippen molar-refractivity contribution >= 4 is 21.8 Å². The van der Waals surface area contributed by atoms with Crippen LogP contribution in [0, 0.1) is 5.92 Å². The number of carbonyl (C=O) groups is 1. The average molecular weight is 262 g/mol. The molecule has 1 aliphatic rings. The van der Waals surface area contributed by atoms with E-state index in [1.54, 1.807) is 0 Å². The Hall–Kier alpha value is -0.0500. The Kier molecular flexibility index (Phi) is 4.42. The van der Waals surface area contributed by atoms with Crippen LogP contribution in [-0.4, -0.2) is 28.2 Å². The minimum absolute atomic E-state index is 0.00495. The van der Waals surface area contributed by atoms with Gasteiger partial charge in [-0.15, -0.1) is 0 Å². The van der Waals surface area contributed by atoms with Crippen molar-refractivity contribution in [1.82, 2.24) is 4.90 Å². The van der Waals surface area contributed by atoms with E-state index in [1.165, 1.54) is 12.8 Å². The summed E-state index contributed by atoms with van der Waals surface area (Å²) in [4.78, 5) is 14.1. The van der Waals surface area contributed by atoms with Crippen LogP contribution in [0.4, 0.5) is 0 Å². The van der Waals surface area contributed by atoms with Gasteiger partial charge in [0.05, 0.1) is 4.83 Å². The van der Waals surface area contributed by atoms with E-state index in [2.05, 4.69) is 41.6 Å². The summed E-state index contributed by atoms with van der Waals surface area (Å²) in [6.45, 7) is 7.27. The third-order valence-corrected chi connectivity index (χ3v) is 4.40. The van der Waals surface area contributed by atoms with Crippen LogP contribution in [0.2, 0.25) is 0 Å². The van der Waals surface area contributed by atoms with Crippen molar-refractivity contribution in [2.75, 3.05) is 6.54 Å². The largest absolute Gasteiger partial charge is 0.339 e. The first-order valence-electron chi connectivity index (χ1n) is 5.52. The van der Waals surface area contributed by atoms with E-state index in [9.17, 15) is 4.79 Å². The zero-order valence-electron chi connectivity index (χ0n) is 9.29. The Balaban J connectivity index is 2.59. The van der Waals surface area contributed by atoms with Gasteiger partial charge in [-0.25, -0.2) is 0 Å². The molecule has 2 nitrogen and oxygen atoms in total. The molecule has 0 saturated carbocycles. The van der Waals surface area contributed by atoms with E-state index < -0.39 is 0 Å². The molecule has 1 aliphatic heterocycles.